The predicted octanol–water partition coefficient (Wildman–Crippen LogP) is 2.46. The minimum Gasteiger partial charge on any atom is -0.497 e. The average Bonchev–Trinajstić information content (AvgIpc) is 2.51. The summed E-state index contributed by atoms with van der Waals surface area (Å²) in [6.45, 7) is 5.43. The molecule has 23 heavy (non-hydrogen) atoms. The maximum Gasteiger partial charge on any atom is 0.348 e. The standard InChI is InChI=1S/C17H21N3O3/c1-5-15(20-12(3)10-11(2)18-17(20)22)16(21)19-13-6-8-14(23-4)9-7-13/h6-10,15H,5H2,1-4H3,(H,19,21)/t15-/m1/s1. The van der Waals surface area contributed by atoms with E-state index in [1.165, 1.54) is 4.57 Å². The van der Waals surface area contributed by atoms with E-state index in [1.54, 1.807) is 51.3 Å². The van der Waals surface area contributed by atoms with Crippen molar-refractivity contribution in [2.75, 3.05) is 12.4 Å². The summed E-state index contributed by atoms with van der Waals surface area (Å²) in [4.78, 5) is 28.6. The molecule has 1 N–H and O–H groups in total. The Labute approximate surface area is 135 Å². The monoisotopic (exact) mass is 315 g/mol. The lowest BCUT2D eigenvalue weighted by atomic mass is 10.1. The Kier molecular flexibility index (Phi) is 5.16. The van der Waals surface area contributed by atoms with Crippen molar-refractivity contribution in [3.63, 3.8) is 0 Å². The van der Waals surface area contributed by atoms with Gasteiger partial charge in [0.05, 0.1) is 7.11 Å². The van der Waals surface area contributed by atoms with Gasteiger partial charge in [-0.05, 0) is 50.6 Å². The van der Waals surface area contributed by atoms with E-state index in [9.17, 15) is 9.59 Å². The zero-order valence-electron chi connectivity index (χ0n) is 13.8. The number of methoxy groups -OCH3 is 1. The van der Waals surface area contributed by atoms with Crippen molar-refractivity contribution < 1.29 is 9.53 Å². The predicted molar refractivity (Wildman–Crippen MR) is 88.9 cm³/mol. The van der Waals surface area contributed by atoms with E-state index in [0.717, 1.165) is 5.69 Å². The number of aryl methyl sites for hydroxylation is 2. The number of aromatic nitrogens is 2. The maximum absolute atomic E-state index is 12.6. The van der Waals surface area contributed by atoms with Gasteiger partial charge in [-0.2, -0.15) is 4.98 Å². The second kappa shape index (κ2) is 7.09. The molecule has 0 saturated heterocycles. The van der Waals surface area contributed by atoms with Crippen molar-refractivity contribution in [2.45, 2.75) is 33.2 Å². The lowest BCUT2D eigenvalue weighted by Crippen LogP contribution is -2.36. The molecule has 0 fully saturated rings. The number of benzene rings is 1. The Morgan fingerprint density at radius 2 is 1.96 bits per heavy atom. The number of hydrogen-bond acceptors (Lipinski definition) is 4. The summed E-state index contributed by atoms with van der Waals surface area (Å²) in [6, 6.07) is 8.24. The van der Waals surface area contributed by atoms with E-state index in [1.807, 2.05) is 6.92 Å². The van der Waals surface area contributed by atoms with Crippen LogP contribution in [0.3, 0.4) is 0 Å². The number of hydrogen-bond donors (Lipinski definition) is 1. The SMILES string of the molecule is CC[C@H](C(=O)Nc1ccc(OC)cc1)n1c(C)cc(C)nc1=O. The van der Waals surface area contributed by atoms with Crippen molar-refractivity contribution in [3.8, 4) is 5.75 Å². The highest BCUT2D eigenvalue weighted by Crippen LogP contribution is 2.18. The van der Waals surface area contributed by atoms with Crippen molar-refractivity contribution in [1.82, 2.24) is 9.55 Å². The van der Waals surface area contributed by atoms with Crippen LogP contribution >= 0.6 is 0 Å². The summed E-state index contributed by atoms with van der Waals surface area (Å²) < 4.78 is 6.52. The summed E-state index contributed by atoms with van der Waals surface area (Å²) in [7, 11) is 1.58. The number of anilines is 1. The molecule has 1 aromatic heterocycles. The minimum absolute atomic E-state index is 0.242. The molecule has 0 aliphatic heterocycles. The summed E-state index contributed by atoms with van der Waals surface area (Å²) in [5.74, 6) is 0.471. The molecule has 0 aliphatic rings. The number of nitrogens with one attached hydrogen (secondary N) is 1. The van der Waals surface area contributed by atoms with Crippen LogP contribution in [0, 0.1) is 13.8 Å². The van der Waals surface area contributed by atoms with Gasteiger partial charge in [0.25, 0.3) is 0 Å². The molecular formula is C17H21N3O3. The lowest BCUT2D eigenvalue weighted by Gasteiger charge is -2.20. The third-order valence-corrected chi connectivity index (χ3v) is 3.63. The Morgan fingerprint density at radius 1 is 1.30 bits per heavy atom. The van der Waals surface area contributed by atoms with Gasteiger partial charge < -0.3 is 10.1 Å². The number of carbonyl (C=O) groups is 1. The number of carbonyl (C=O) groups excluding carboxylic acids is 1. The smallest absolute Gasteiger partial charge is 0.348 e. The topological polar surface area (TPSA) is 73.2 Å². The molecule has 0 radical (unpaired) electrons. The molecular weight excluding hydrogens is 294 g/mol. The first-order valence-corrected chi connectivity index (χ1v) is 7.48. The van der Waals surface area contributed by atoms with E-state index in [0.29, 0.717) is 23.6 Å². The van der Waals surface area contributed by atoms with E-state index in [-0.39, 0.29) is 5.91 Å². The van der Waals surface area contributed by atoms with Crippen LogP contribution in [0.25, 0.3) is 0 Å². The van der Waals surface area contributed by atoms with Gasteiger partial charge in [-0.1, -0.05) is 6.92 Å². The van der Waals surface area contributed by atoms with Crippen LogP contribution in [0.4, 0.5) is 5.69 Å². The van der Waals surface area contributed by atoms with Crippen molar-refractivity contribution in [1.29, 1.82) is 0 Å². The zero-order valence-corrected chi connectivity index (χ0v) is 13.8. The quantitative estimate of drug-likeness (QED) is 0.920. The Morgan fingerprint density at radius 3 is 2.48 bits per heavy atom. The molecule has 1 amide bonds. The second-order valence-electron chi connectivity index (χ2n) is 5.33. The van der Waals surface area contributed by atoms with Gasteiger partial charge in [-0.3, -0.25) is 9.36 Å². The molecule has 1 heterocycles. The first kappa shape index (κ1) is 16.7. The summed E-state index contributed by atoms with van der Waals surface area (Å²) in [5.41, 5.74) is 1.62. The number of ether oxygens (including phenoxy) is 1. The maximum atomic E-state index is 12.6. The molecule has 0 aliphatic carbocycles. The van der Waals surface area contributed by atoms with Crippen molar-refractivity contribution in [3.05, 3.63) is 52.2 Å². The third kappa shape index (κ3) is 3.77. The minimum atomic E-state index is -0.599. The molecule has 6 heteroatoms. The fraction of sp³-hybridized carbons (Fsp3) is 0.353. The molecule has 0 saturated carbocycles. The van der Waals surface area contributed by atoms with Crippen molar-refractivity contribution in [2.24, 2.45) is 0 Å². The molecule has 2 rings (SSSR count). The van der Waals surface area contributed by atoms with Crippen LogP contribution in [0.2, 0.25) is 0 Å². The number of amides is 1. The highest BCUT2D eigenvalue weighted by atomic mass is 16.5. The van der Waals surface area contributed by atoms with Crippen LogP contribution in [0.5, 0.6) is 5.75 Å². The summed E-state index contributed by atoms with van der Waals surface area (Å²) >= 11 is 0. The largest absolute Gasteiger partial charge is 0.497 e. The number of rotatable bonds is 5. The zero-order chi connectivity index (χ0) is 17.0. The molecule has 1 aromatic carbocycles. The molecule has 6 nitrogen and oxygen atoms in total. The van der Waals surface area contributed by atoms with Crippen LogP contribution in [0.15, 0.2) is 35.1 Å². The van der Waals surface area contributed by atoms with Gasteiger partial charge in [-0.25, -0.2) is 4.79 Å². The summed E-state index contributed by atoms with van der Waals surface area (Å²) in [5, 5.41) is 2.83. The molecule has 0 spiro atoms. The van der Waals surface area contributed by atoms with E-state index >= 15 is 0 Å². The fourth-order valence-corrected chi connectivity index (χ4v) is 2.52. The third-order valence-electron chi connectivity index (χ3n) is 3.63. The van der Waals surface area contributed by atoms with Gasteiger partial charge >= 0.3 is 5.69 Å². The van der Waals surface area contributed by atoms with Gasteiger partial charge in [0.1, 0.15) is 11.8 Å². The van der Waals surface area contributed by atoms with Gasteiger partial charge in [0.15, 0.2) is 0 Å². The Balaban J connectivity index is 2.26. The average molecular weight is 315 g/mol. The molecule has 122 valence electrons. The Hall–Kier alpha value is -2.63. The summed E-state index contributed by atoms with van der Waals surface area (Å²) in [6.07, 6.45) is 0.494. The molecule has 1 atom stereocenters. The first-order chi connectivity index (χ1) is 11.0. The lowest BCUT2D eigenvalue weighted by molar-refractivity contribution is -0.119. The van der Waals surface area contributed by atoms with Crippen LogP contribution in [-0.4, -0.2) is 22.6 Å². The van der Waals surface area contributed by atoms with Crippen LogP contribution in [-0.2, 0) is 4.79 Å². The molecule has 2 aromatic rings. The fourth-order valence-electron chi connectivity index (χ4n) is 2.52. The van der Waals surface area contributed by atoms with Crippen molar-refractivity contribution >= 4 is 11.6 Å². The van der Waals surface area contributed by atoms with Gasteiger partial charge in [0.2, 0.25) is 5.91 Å². The normalized spacial score (nSPS) is 11.8. The highest BCUT2D eigenvalue weighted by molar-refractivity contribution is 5.93. The number of nitrogens with zero attached hydrogens (tertiary/aromatic N) is 2. The molecule has 0 bridgehead atoms. The van der Waals surface area contributed by atoms with E-state index < -0.39 is 11.7 Å². The second-order valence-corrected chi connectivity index (χ2v) is 5.33. The van der Waals surface area contributed by atoms with Gasteiger partial charge in [0, 0.05) is 17.1 Å². The van der Waals surface area contributed by atoms with Crippen LogP contribution in [0.1, 0.15) is 30.8 Å². The van der Waals surface area contributed by atoms with Gasteiger partial charge in [-0.15, -0.1) is 0 Å². The van der Waals surface area contributed by atoms with Crippen LogP contribution < -0.4 is 15.7 Å². The molecule has 0 unspecified atom stereocenters. The van der Waals surface area contributed by atoms with E-state index in [4.69, 9.17) is 4.74 Å². The first-order valence-electron chi connectivity index (χ1n) is 7.48. The highest BCUT2D eigenvalue weighted by Gasteiger charge is 2.22. The van der Waals surface area contributed by atoms with E-state index in [2.05, 4.69) is 10.3 Å². The Bertz CT molecular complexity index is 751.